The van der Waals surface area contributed by atoms with Gasteiger partial charge in [0, 0.05) is 28.8 Å². The molecule has 0 unspecified atom stereocenters. The molecule has 0 amide bonds. The molecular weight excluding hydrogens is 379 g/mol. The Kier molecular flexibility index (Phi) is 4.36. The lowest BCUT2D eigenvalue weighted by Gasteiger charge is -2.07. The van der Waals surface area contributed by atoms with Crippen molar-refractivity contribution >= 4 is 21.6 Å². The summed E-state index contributed by atoms with van der Waals surface area (Å²) in [5.41, 5.74) is 0.933. The molecule has 0 bridgehead atoms. The average Bonchev–Trinajstić information content (AvgIpc) is 3.06. The third kappa shape index (κ3) is 3.28. The van der Waals surface area contributed by atoms with Crippen LogP contribution >= 0.6 is 11.3 Å². The standard InChI is InChI=1S/C18H10F3N3O2S/c19-12-7-9(26-18(20)21)4-5-10(12)11-8-27-15-14(11)23-16(24-17(15)25)13-3-1-2-6-22-13/h1-8,18H,(H,23,24,25). The minimum absolute atomic E-state index is 0.132. The number of aromatic amines is 1. The largest absolute Gasteiger partial charge is 0.435 e. The van der Waals surface area contributed by atoms with E-state index in [1.807, 2.05) is 0 Å². The molecule has 9 heteroatoms. The van der Waals surface area contributed by atoms with Gasteiger partial charge in [0.1, 0.15) is 22.0 Å². The minimum Gasteiger partial charge on any atom is -0.435 e. The number of thiophene rings is 1. The van der Waals surface area contributed by atoms with Crippen molar-refractivity contribution in [2.75, 3.05) is 0 Å². The molecule has 0 saturated carbocycles. The van der Waals surface area contributed by atoms with E-state index in [1.54, 1.807) is 29.8 Å². The van der Waals surface area contributed by atoms with Crippen molar-refractivity contribution in [2.45, 2.75) is 6.61 Å². The van der Waals surface area contributed by atoms with Gasteiger partial charge in [-0.05, 0) is 24.3 Å². The number of nitrogens with zero attached hydrogens (tertiary/aromatic N) is 2. The minimum atomic E-state index is -3.04. The average molecular weight is 389 g/mol. The molecule has 0 aliphatic heterocycles. The molecule has 0 fully saturated rings. The highest BCUT2D eigenvalue weighted by Crippen LogP contribution is 2.34. The first kappa shape index (κ1) is 17.2. The summed E-state index contributed by atoms with van der Waals surface area (Å²) >= 11 is 1.12. The van der Waals surface area contributed by atoms with Crippen molar-refractivity contribution in [3.63, 3.8) is 0 Å². The van der Waals surface area contributed by atoms with Gasteiger partial charge in [0.15, 0.2) is 5.82 Å². The first-order chi connectivity index (χ1) is 13.0. The molecular formula is C18H10F3N3O2S. The van der Waals surface area contributed by atoms with E-state index < -0.39 is 12.4 Å². The Morgan fingerprint density at radius 3 is 2.70 bits per heavy atom. The Balaban J connectivity index is 1.86. The zero-order valence-electron chi connectivity index (χ0n) is 13.4. The second-order valence-electron chi connectivity index (χ2n) is 5.48. The highest BCUT2D eigenvalue weighted by atomic mass is 32.1. The lowest BCUT2D eigenvalue weighted by Crippen LogP contribution is -2.08. The molecule has 1 N–H and O–H groups in total. The van der Waals surface area contributed by atoms with E-state index >= 15 is 0 Å². The summed E-state index contributed by atoms with van der Waals surface area (Å²) in [7, 11) is 0. The van der Waals surface area contributed by atoms with Crippen molar-refractivity contribution in [3.8, 4) is 28.4 Å². The number of hydrogen-bond donors (Lipinski definition) is 1. The number of ether oxygens (including phenoxy) is 1. The van der Waals surface area contributed by atoms with Crippen LogP contribution in [0.5, 0.6) is 5.75 Å². The van der Waals surface area contributed by atoms with Crippen LogP contribution in [0.15, 0.2) is 52.8 Å². The molecule has 0 aliphatic rings. The Labute approximate surface area is 154 Å². The topological polar surface area (TPSA) is 67.9 Å². The summed E-state index contributed by atoms with van der Waals surface area (Å²) in [5.74, 6) is -0.786. The van der Waals surface area contributed by atoms with Crippen molar-refractivity contribution in [3.05, 3.63) is 64.1 Å². The fraction of sp³-hybridized carbons (Fsp3) is 0.0556. The quantitative estimate of drug-likeness (QED) is 0.560. The van der Waals surface area contributed by atoms with Gasteiger partial charge in [-0.2, -0.15) is 8.78 Å². The Morgan fingerprint density at radius 2 is 2.00 bits per heavy atom. The highest BCUT2D eigenvalue weighted by molar-refractivity contribution is 7.17. The summed E-state index contributed by atoms with van der Waals surface area (Å²) in [5, 5.41) is 1.60. The number of alkyl halides is 2. The number of pyridine rings is 1. The normalized spacial score (nSPS) is 11.3. The number of aromatic nitrogens is 3. The number of nitrogens with one attached hydrogen (secondary N) is 1. The Bertz CT molecular complexity index is 1180. The lowest BCUT2D eigenvalue weighted by molar-refractivity contribution is -0.0499. The Hall–Kier alpha value is -3.20. The van der Waals surface area contributed by atoms with Crippen LogP contribution in [0, 0.1) is 5.82 Å². The molecule has 1 aromatic carbocycles. The van der Waals surface area contributed by atoms with Gasteiger partial charge in [0.2, 0.25) is 0 Å². The first-order valence-corrected chi connectivity index (χ1v) is 8.58. The van der Waals surface area contributed by atoms with Crippen molar-refractivity contribution in [1.29, 1.82) is 0 Å². The summed E-state index contributed by atoms with van der Waals surface area (Å²) in [4.78, 5) is 23.6. The number of fused-ring (bicyclic) bond motifs is 1. The van der Waals surface area contributed by atoms with Gasteiger partial charge < -0.3 is 9.72 Å². The van der Waals surface area contributed by atoms with Gasteiger partial charge in [-0.1, -0.05) is 6.07 Å². The second-order valence-corrected chi connectivity index (χ2v) is 6.36. The number of hydrogen-bond acceptors (Lipinski definition) is 5. The van der Waals surface area contributed by atoms with Gasteiger partial charge in [0.25, 0.3) is 5.56 Å². The van der Waals surface area contributed by atoms with E-state index in [4.69, 9.17) is 0 Å². The fourth-order valence-electron chi connectivity index (χ4n) is 2.63. The van der Waals surface area contributed by atoms with Crippen LogP contribution in [-0.2, 0) is 0 Å². The van der Waals surface area contributed by atoms with Crippen LogP contribution < -0.4 is 10.3 Å². The summed E-state index contributed by atoms with van der Waals surface area (Å²) < 4.78 is 43.6. The summed E-state index contributed by atoms with van der Waals surface area (Å²) in [6, 6.07) is 8.60. The molecule has 0 atom stereocenters. The molecule has 0 aliphatic carbocycles. The predicted octanol–water partition coefficient (Wildman–Crippen LogP) is 4.45. The van der Waals surface area contributed by atoms with Crippen LogP contribution in [-0.4, -0.2) is 21.6 Å². The van der Waals surface area contributed by atoms with Gasteiger partial charge >= 0.3 is 6.61 Å². The van der Waals surface area contributed by atoms with E-state index in [1.165, 1.54) is 12.1 Å². The fourth-order valence-corrected chi connectivity index (χ4v) is 3.53. The highest BCUT2D eigenvalue weighted by Gasteiger charge is 2.17. The van der Waals surface area contributed by atoms with Gasteiger partial charge in [-0.15, -0.1) is 11.3 Å². The second kappa shape index (κ2) is 6.84. The van der Waals surface area contributed by atoms with E-state index in [0.717, 1.165) is 17.4 Å². The van der Waals surface area contributed by atoms with E-state index in [0.29, 0.717) is 21.5 Å². The molecule has 0 radical (unpaired) electrons. The van der Waals surface area contributed by atoms with Gasteiger partial charge in [0.05, 0.1) is 5.52 Å². The molecule has 4 rings (SSSR count). The Morgan fingerprint density at radius 1 is 1.15 bits per heavy atom. The molecule has 4 aromatic rings. The molecule has 0 spiro atoms. The first-order valence-electron chi connectivity index (χ1n) is 7.70. The predicted molar refractivity (Wildman–Crippen MR) is 95.5 cm³/mol. The lowest BCUT2D eigenvalue weighted by atomic mass is 10.1. The summed E-state index contributed by atoms with van der Waals surface area (Å²) in [6.07, 6.45) is 1.56. The molecule has 0 saturated heterocycles. The number of rotatable bonds is 4. The molecule has 136 valence electrons. The SMILES string of the molecule is O=c1[nH]c(-c2ccccn2)nc2c(-c3ccc(OC(F)F)cc3F)csc12. The molecule has 3 aromatic heterocycles. The van der Waals surface area contributed by atoms with Crippen molar-refractivity contribution in [1.82, 2.24) is 15.0 Å². The smallest absolute Gasteiger partial charge is 0.387 e. The van der Waals surface area contributed by atoms with Gasteiger partial charge in [-0.3, -0.25) is 9.78 Å². The van der Waals surface area contributed by atoms with Gasteiger partial charge in [-0.25, -0.2) is 9.37 Å². The number of halogens is 3. The number of benzene rings is 1. The van der Waals surface area contributed by atoms with Crippen molar-refractivity contribution < 1.29 is 17.9 Å². The summed E-state index contributed by atoms with van der Waals surface area (Å²) in [6.45, 7) is -3.04. The van der Waals surface area contributed by atoms with Crippen molar-refractivity contribution in [2.24, 2.45) is 0 Å². The maximum atomic E-state index is 14.5. The van der Waals surface area contributed by atoms with Crippen LogP contribution in [0.2, 0.25) is 0 Å². The number of H-pyrrole nitrogens is 1. The van der Waals surface area contributed by atoms with Crippen LogP contribution in [0.1, 0.15) is 0 Å². The third-order valence-electron chi connectivity index (χ3n) is 3.79. The van der Waals surface area contributed by atoms with E-state index in [2.05, 4.69) is 19.7 Å². The zero-order valence-corrected chi connectivity index (χ0v) is 14.3. The monoisotopic (exact) mass is 389 g/mol. The molecule has 3 heterocycles. The third-order valence-corrected chi connectivity index (χ3v) is 4.76. The van der Waals surface area contributed by atoms with Crippen LogP contribution in [0.4, 0.5) is 13.2 Å². The maximum Gasteiger partial charge on any atom is 0.387 e. The zero-order chi connectivity index (χ0) is 19.0. The van der Waals surface area contributed by atoms with Crippen LogP contribution in [0.3, 0.4) is 0 Å². The molecule has 27 heavy (non-hydrogen) atoms. The van der Waals surface area contributed by atoms with Crippen LogP contribution in [0.25, 0.3) is 32.9 Å². The van der Waals surface area contributed by atoms with E-state index in [-0.39, 0.29) is 22.7 Å². The van der Waals surface area contributed by atoms with E-state index in [9.17, 15) is 18.0 Å². The molecule has 5 nitrogen and oxygen atoms in total. The maximum absolute atomic E-state index is 14.5.